The Morgan fingerprint density at radius 1 is 1.47 bits per heavy atom. The van der Waals surface area contributed by atoms with Gasteiger partial charge in [-0.25, -0.2) is 0 Å². The molecule has 1 aliphatic rings. The molecule has 17 heavy (non-hydrogen) atoms. The van der Waals surface area contributed by atoms with Gasteiger partial charge in [0.1, 0.15) is 0 Å². The Morgan fingerprint density at radius 3 is 2.94 bits per heavy atom. The lowest BCUT2D eigenvalue weighted by Gasteiger charge is -2.31. The predicted molar refractivity (Wildman–Crippen MR) is 73.6 cm³/mol. The van der Waals surface area contributed by atoms with E-state index in [4.69, 9.17) is 4.74 Å². The number of thiophene rings is 1. The van der Waals surface area contributed by atoms with Crippen molar-refractivity contribution in [3.63, 3.8) is 0 Å². The maximum absolute atomic E-state index is 5.46. The van der Waals surface area contributed by atoms with Gasteiger partial charge in [0.2, 0.25) is 0 Å². The van der Waals surface area contributed by atoms with Crippen LogP contribution in [0.25, 0.3) is 0 Å². The van der Waals surface area contributed by atoms with Crippen molar-refractivity contribution in [1.82, 2.24) is 5.32 Å². The summed E-state index contributed by atoms with van der Waals surface area (Å²) in [6.45, 7) is 5.25. The van der Waals surface area contributed by atoms with Gasteiger partial charge < -0.3 is 10.1 Å². The first-order valence-corrected chi connectivity index (χ1v) is 7.66. The van der Waals surface area contributed by atoms with Crippen molar-refractivity contribution in [2.75, 3.05) is 19.8 Å². The predicted octanol–water partition coefficient (Wildman–Crippen LogP) is 3.09. The maximum atomic E-state index is 5.46. The molecule has 3 heteroatoms. The molecule has 1 fully saturated rings. The SMILES string of the molecule is CCCNC(Cc1ccsc1)C1CCOCC1. The Balaban J connectivity index is 1.91. The fourth-order valence-corrected chi connectivity index (χ4v) is 3.20. The van der Waals surface area contributed by atoms with Crippen LogP contribution in [0.2, 0.25) is 0 Å². The van der Waals surface area contributed by atoms with Gasteiger partial charge in [-0.3, -0.25) is 0 Å². The third kappa shape index (κ3) is 4.09. The molecule has 1 saturated heterocycles. The third-order valence-electron chi connectivity index (χ3n) is 3.53. The van der Waals surface area contributed by atoms with E-state index in [1.807, 2.05) is 0 Å². The van der Waals surface area contributed by atoms with E-state index in [-0.39, 0.29) is 0 Å². The molecule has 2 nitrogen and oxygen atoms in total. The number of hydrogen-bond donors (Lipinski definition) is 1. The molecule has 0 amide bonds. The zero-order valence-corrected chi connectivity index (χ0v) is 11.5. The van der Waals surface area contributed by atoms with E-state index < -0.39 is 0 Å². The largest absolute Gasteiger partial charge is 0.381 e. The number of hydrogen-bond acceptors (Lipinski definition) is 3. The van der Waals surface area contributed by atoms with Crippen molar-refractivity contribution in [2.45, 2.75) is 38.6 Å². The van der Waals surface area contributed by atoms with Gasteiger partial charge in [-0.2, -0.15) is 11.3 Å². The second kappa shape index (κ2) is 7.14. The van der Waals surface area contributed by atoms with Crippen molar-refractivity contribution >= 4 is 11.3 Å². The molecule has 1 unspecified atom stereocenters. The average Bonchev–Trinajstić information content (AvgIpc) is 2.88. The van der Waals surface area contributed by atoms with Gasteiger partial charge in [0.05, 0.1) is 0 Å². The molecule has 1 aliphatic heterocycles. The summed E-state index contributed by atoms with van der Waals surface area (Å²) >= 11 is 1.80. The standard InChI is InChI=1S/C14H23NOS/c1-2-6-15-14(10-12-5-9-17-11-12)13-3-7-16-8-4-13/h5,9,11,13-15H,2-4,6-8,10H2,1H3. The molecule has 0 aromatic carbocycles. The Morgan fingerprint density at radius 2 is 2.29 bits per heavy atom. The minimum absolute atomic E-state index is 0.633. The monoisotopic (exact) mass is 253 g/mol. The molecule has 1 N–H and O–H groups in total. The van der Waals surface area contributed by atoms with Gasteiger partial charge in [0.15, 0.2) is 0 Å². The Kier molecular flexibility index (Phi) is 5.49. The van der Waals surface area contributed by atoms with Crippen LogP contribution in [-0.2, 0) is 11.2 Å². The van der Waals surface area contributed by atoms with E-state index in [0.717, 1.165) is 25.7 Å². The number of ether oxygens (including phenoxy) is 1. The highest BCUT2D eigenvalue weighted by Gasteiger charge is 2.23. The van der Waals surface area contributed by atoms with E-state index in [1.54, 1.807) is 11.3 Å². The molecule has 0 bridgehead atoms. The van der Waals surface area contributed by atoms with Crippen LogP contribution in [-0.4, -0.2) is 25.8 Å². The lowest BCUT2D eigenvalue weighted by atomic mass is 9.88. The first kappa shape index (κ1) is 13.1. The molecule has 1 atom stereocenters. The van der Waals surface area contributed by atoms with Crippen LogP contribution in [0.1, 0.15) is 31.7 Å². The van der Waals surface area contributed by atoms with Gasteiger partial charge in [0.25, 0.3) is 0 Å². The van der Waals surface area contributed by atoms with Crippen LogP contribution in [0.4, 0.5) is 0 Å². The van der Waals surface area contributed by atoms with Crippen molar-refractivity contribution < 1.29 is 4.74 Å². The van der Waals surface area contributed by atoms with Crippen LogP contribution in [0, 0.1) is 5.92 Å². The first-order chi connectivity index (χ1) is 8.40. The highest BCUT2D eigenvalue weighted by Crippen LogP contribution is 2.22. The van der Waals surface area contributed by atoms with Gasteiger partial charge in [0, 0.05) is 19.3 Å². The Labute approximate surface area is 108 Å². The minimum atomic E-state index is 0.633. The summed E-state index contributed by atoms with van der Waals surface area (Å²) in [6, 6.07) is 2.89. The molecule has 0 aliphatic carbocycles. The lowest BCUT2D eigenvalue weighted by molar-refractivity contribution is 0.0538. The van der Waals surface area contributed by atoms with E-state index in [0.29, 0.717) is 6.04 Å². The molecule has 0 spiro atoms. The fourth-order valence-electron chi connectivity index (χ4n) is 2.52. The molecule has 1 aromatic heterocycles. The summed E-state index contributed by atoms with van der Waals surface area (Å²) < 4.78 is 5.46. The van der Waals surface area contributed by atoms with Crippen molar-refractivity contribution in [1.29, 1.82) is 0 Å². The fraction of sp³-hybridized carbons (Fsp3) is 0.714. The van der Waals surface area contributed by atoms with Gasteiger partial charge in [-0.05, 0) is 60.5 Å². The van der Waals surface area contributed by atoms with Crippen LogP contribution < -0.4 is 5.32 Å². The van der Waals surface area contributed by atoms with E-state index in [2.05, 4.69) is 29.1 Å². The van der Waals surface area contributed by atoms with Gasteiger partial charge >= 0.3 is 0 Å². The van der Waals surface area contributed by atoms with Crippen molar-refractivity contribution in [3.05, 3.63) is 22.4 Å². The van der Waals surface area contributed by atoms with Crippen LogP contribution in [0.5, 0.6) is 0 Å². The number of rotatable bonds is 6. The second-order valence-corrected chi connectivity index (χ2v) is 5.63. The zero-order valence-electron chi connectivity index (χ0n) is 10.7. The third-order valence-corrected chi connectivity index (χ3v) is 4.26. The molecule has 2 rings (SSSR count). The summed E-state index contributed by atoms with van der Waals surface area (Å²) in [5.41, 5.74) is 1.48. The van der Waals surface area contributed by atoms with Gasteiger partial charge in [-0.15, -0.1) is 0 Å². The van der Waals surface area contributed by atoms with E-state index in [1.165, 1.54) is 31.2 Å². The van der Waals surface area contributed by atoms with Crippen LogP contribution >= 0.6 is 11.3 Å². The summed E-state index contributed by atoms with van der Waals surface area (Å²) in [4.78, 5) is 0. The maximum Gasteiger partial charge on any atom is 0.0469 e. The summed E-state index contributed by atoms with van der Waals surface area (Å²) in [5.74, 6) is 0.787. The molecule has 0 radical (unpaired) electrons. The smallest absolute Gasteiger partial charge is 0.0469 e. The number of nitrogens with one attached hydrogen (secondary N) is 1. The van der Waals surface area contributed by atoms with Crippen molar-refractivity contribution in [3.8, 4) is 0 Å². The lowest BCUT2D eigenvalue weighted by Crippen LogP contribution is -2.41. The highest BCUT2D eigenvalue weighted by atomic mass is 32.1. The Hall–Kier alpha value is -0.380. The molecule has 0 saturated carbocycles. The molecule has 1 aromatic rings. The topological polar surface area (TPSA) is 21.3 Å². The quantitative estimate of drug-likeness (QED) is 0.841. The average molecular weight is 253 g/mol. The summed E-state index contributed by atoms with van der Waals surface area (Å²) in [6.07, 6.45) is 4.81. The Bertz CT molecular complexity index is 293. The summed E-state index contributed by atoms with van der Waals surface area (Å²) in [5, 5.41) is 8.18. The van der Waals surface area contributed by atoms with Crippen LogP contribution in [0.3, 0.4) is 0 Å². The highest BCUT2D eigenvalue weighted by molar-refractivity contribution is 7.07. The zero-order chi connectivity index (χ0) is 11.9. The van der Waals surface area contributed by atoms with E-state index >= 15 is 0 Å². The molecule has 2 heterocycles. The molecule has 96 valence electrons. The normalized spacial score (nSPS) is 19.4. The van der Waals surface area contributed by atoms with E-state index in [9.17, 15) is 0 Å². The first-order valence-electron chi connectivity index (χ1n) is 6.72. The second-order valence-electron chi connectivity index (χ2n) is 4.85. The van der Waals surface area contributed by atoms with Crippen LogP contribution in [0.15, 0.2) is 16.8 Å². The van der Waals surface area contributed by atoms with Crippen molar-refractivity contribution in [2.24, 2.45) is 5.92 Å². The minimum Gasteiger partial charge on any atom is -0.381 e. The van der Waals surface area contributed by atoms with Gasteiger partial charge in [-0.1, -0.05) is 6.92 Å². The molecular formula is C14H23NOS. The summed E-state index contributed by atoms with van der Waals surface area (Å²) in [7, 11) is 0. The molecular weight excluding hydrogens is 230 g/mol.